The predicted octanol–water partition coefficient (Wildman–Crippen LogP) is 5.36. The third-order valence-electron chi connectivity index (χ3n) is 6.08. The molecule has 2 fully saturated rings. The fourth-order valence-electron chi connectivity index (χ4n) is 4.09. The first kappa shape index (κ1) is 20.6. The summed E-state index contributed by atoms with van der Waals surface area (Å²) in [7, 11) is 5.75. The fourth-order valence-corrected chi connectivity index (χ4v) is 5.13. The summed E-state index contributed by atoms with van der Waals surface area (Å²) < 4.78 is 2.22. The number of rotatable bonds is 6. The molecule has 2 aromatic heterocycles. The minimum absolute atomic E-state index is 0.124. The van der Waals surface area contributed by atoms with Gasteiger partial charge in [-0.2, -0.15) is 0 Å². The molecule has 0 unspecified atom stereocenters. The van der Waals surface area contributed by atoms with Crippen molar-refractivity contribution in [1.29, 1.82) is 0 Å². The Balaban J connectivity index is 1.43. The number of hydrogen-bond donors (Lipinski definition) is 0. The van der Waals surface area contributed by atoms with Gasteiger partial charge in [0, 0.05) is 44.7 Å². The fraction of sp³-hybridized carbons (Fsp3) is 0.375. The van der Waals surface area contributed by atoms with E-state index in [0.717, 1.165) is 33.6 Å². The number of pyridine rings is 1. The second kappa shape index (κ2) is 7.99. The van der Waals surface area contributed by atoms with Crippen LogP contribution in [0.4, 0.5) is 0 Å². The molecule has 2 heterocycles. The molecular weight excluding hydrogens is 428 g/mol. The minimum Gasteiger partial charge on any atom is -0.349 e. The van der Waals surface area contributed by atoms with Crippen molar-refractivity contribution in [1.82, 2.24) is 19.4 Å². The highest BCUT2D eigenvalue weighted by molar-refractivity contribution is 7.99. The molecule has 5 rings (SSSR count). The maximum Gasteiger partial charge on any atom is 0.225 e. The minimum atomic E-state index is 0.124. The molecule has 1 amide bonds. The molecule has 1 aromatic carbocycles. The topological polar surface area (TPSA) is 51.0 Å². The summed E-state index contributed by atoms with van der Waals surface area (Å²) in [6.45, 7) is 0. The van der Waals surface area contributed by atoms with Crippen LogP contribution < -0.4 is 0 Å². The van der Waals surface area contributed by atoms with Gasteiger partial charge in [0.05, 0.1) is 5.02 Å². The van der Waals surface area contributed by atoms with Crippen molar-refractivity contribution in [3.63, 3.8) is 0 Å². The summed E-state index contributed by atoms with van der Waals surface area (Å²) in [4.78, 5) is 23.4. The van der Waals surface area contributed by atoms with Crippen molar-refractivity contribution in [3.8, 4) is 11.3 Å². The van der Waals surface area contributed by atoms with Crippen molar-refractivity contribution in [3.05, 3.63) is 59.0 Å². The zero-order valence-corrected chi connectivity index (χ0v) is 19.5. The molecule has 2 saturated carbocycles. The van der Waals surface area contributed by atoms with Gasteiger partial charge in [-0.05, 0) is 54.6 Å². The Morgan fingerprint density at radius 1 is 1.16 bits per heavy atom. The van der Waals surface area contributed by atoms with E-state index in [0.29, 0.717) is 16.9 Å². The molecule has 0 radical (unpaired) electrons. The average molecular weight is 453 g/mol. The van der Waals surface area contributed by atoms with E-state index in [-0.39, 0.29) is 11.8 Å². The number of benzene rings is 1. The molecule has 3 aromatic rings. The Bertz CT molecular complexity index is 1120. The van der Waals surface area contributed by atoms with Gasteiger partial charge in [0.2, 0.25) is 5.91 Å². The number of hydrogen-bond acceptors (Lipinski definition) is 4. The Hall–Kier alpha value is -2.31. The van der Waals surface area contributed by atoms with Crippen LogP contribution in [0.25, 0.3) is 11.3 Å². The van der Waals surface area contributed by atoms with E-state index < -0.39 is 0 Å². The van der Waals surface area contributed by atoms with Crippen LogP contribution in [-0.4, -0.2) is 39.4 Å². The van der Waals surface area contributed by atoms with E-state index in [2.05, 4.69) is 40.9 Å². The summed E-state index contributed by atoms with van der Waals surface area (Å²) in [6.07, 6.45) is 5.03. The molecule has 7 heteroatoms. The number of carbonyl (C=O) groups is 1. The van der Waals surface area contributed by atoms with Crippen molar-refractivity contribution < 1.29 is 4.79 Å². The van der Waals surface area contributed by atoms with E-state index in [9.17, 15) is 4.79 Å². The Morgan fingerprint density at radius 3 is 2.52 bits per heavy atom. The van der Waals surface area contributed by atoms with Gasteiger partial charge in [0.15, 0.2) is 0 Å². The number of carbonyl (C=O) groups excluding carboxylic acids is 1. The highest BCUT2D eigenvalue weighted by Gasteiger charge is 2.44. The Kier molecular flexibility index (Phi) is 5.30. The number of aromatic nitrogens is 3. The molecule has 31 heavy (non-hydrogen) atoms. The maximum atomic E-state index is 12.2. The summed E-state index contributed by atoms with van der Waals surface area (Å²) in [5.41, 5.74) is 3.32. The molecule has 160 valence electrons. The van der Waals surface area contributed by atoms with Crippen molar-refractivity contribution in [2.24, 2.45) is 13.0 Å². The van der Waals surface area contributed by atoms with Gasteiger partial charge in [-0.3, -0.25) is 4.79 Å². The summed E-state index contributed by atoms with van der Waals surface area (Å²) >= 11 is 7.63. The van der Waals surface area contributed by atoms with Crippen molar-refractivity contribution in [2.45, 2.75) is 41.2 Å². The average Bonchev–Trinajstić information content (AvgIpc) is 3.68. The molecule has 0 N–H and O–H groups in total. The summed E-state index contributed by atoms with van der Waals surface area (Å²) in [5, 5.41) is 2.63. The van der Waals surface area contributed by atoms with Gasteiger partial charge in [-0.1, -0.05) is 35.9 Å². The molecular formula is C24H25ClN4OS. The van der Waals surface area contributed by atoms with Crippen LogP contribution in [0.3, 0.4) is 0 Å². The zero-order chi connectivity index (χ0) is 21.7. The van der Waals surface area contributed by atoms with Gasteiger partial charge >= 0.3 is 0 Å². The summed E-state index contributed by atoms with van der Waals surface area (Å²) in [6, 6.07) is 12.4. The third kappa shape index (κ3) is 4.11. The van der Waals surface area contributed by atoms with Crippen LogP contribution in [0.2, 0.25) is 5.02 Å². The highest BCUT2D eigenvalue weighted by atomic mass is 35.5. The first-order valence-corrected chi connectivity index (χ1v) is 11.8. The van der Waals surface area contributed by atoms with Crippen LogP contribution in [0.5, 0.6) is 0 Å². The standard InChI is InChI=1S/C24H25ClN4OS/c1-28(2)23(30)19-12-18(19)14-4-6-15(7-5-14)21-24(29(3)22(27-21)16-8-9-16)31-20-11-10-17(25)13-26-20/h4-7,10-11,13,16,18-19H,8-9,12H2,1-3H3/t18-,19+/m1/s1. The smallest absolute Gasteiger partial charge is 0.225 e. The third-order valence-corrected chi connectivity index (χ3v) is 7.42. The molecule has 2 aliphatic carbocycles. The van der Waals surface area contributed by atoms with E-state index in [4.69, 9.17) is 16.6 Å². The number of nitrogens with zero attached hydrogens (tertiary/aromatic N) is 4. The second-order valence-electron chi connectivity index (χ2n) is 8.68. The zero-order valence-electron chi connectivity index (χ0n) is 17.9. The van der Waals surface area contributed by atoms with Crippen LogP contribution in [0.1, 0.15) is 42.5 Å². The van der Waals surface area contributed by atoms with E-state index >= 15 is 0 Å². The number of halogens is 1. The monoisotopic (exact) mass is 452 g/mol. The lowest BCUT2D eigenvalue weighted by Crippen LogP contribution is -2.23. The molecule has 2 atom stereocenters. The predicted molar refractivity (Wildman–Crippen MR) is 124 cm³/mol. The molecule has 5 nitrogen and oxygen atoms in total. The van der Waals surface area contributed by atoms with E-state index in [1.165, 1.54) is 18.4 Å². The lowest BCUT2D eigenvalue weighted by atomic mass is 10.0. The Morgan fingerprint density at radius 2 is 1.90 bits per heavy atom. The highest BCUT2D eigenvalue weighted by Crippen LogP contribution is 2.49. The van der Waals surface area contributed by atoms with E-state index in [1.54, 1.807) is 22.9 Å². The van der Waals surface area contributed by atoms with Gasteiger partial charge in [0.25, 0.3) is 0 Å². The SMILES string of the molecule is CN(C)C(=O)[C@H]1C[C@@H]1c1ccc(-c2nc(C3CC3)n(C)c2Sc2ccc(Cl)cn2)cc1. The van der Waals surface area contributed by atoms with Gasteiger partial charge in [-0.15, -0.1) is 0 Å². The molecule has 0 saturated heterocycles. The molecule has 0 aliphatic heterocycles. The van der Waals surface area contributed by atoms with E-state index in [1.807, 2.05) is 26.2 Å². The lowest BCUT2D eigenvalue weighted by Gasteiger charge is -2.10. The van der Waals surface area contributed by atoms with Crippen LogP contribution in [0, 0.1) is 5.92 Å². The van der Waals surface area contributed by atoms with Crippen molar-refractivity contribution >= 4 is 29.3 Å². The van der Waals surface area contributed by atoms with Crippen LogP contribution in [0.15, 0.2) is 52.6 Å². The maximum absolute atomic E-state index is 12.2. The normalized spacial score (nSPS) is 20.0. The number of amides is 1. The lowest BCUT2D eigenvalue weighted by molar-refractivity contribution is -0.130. The first-order chi connectivity index (χ1) is 14.9. The van der Waals surface area contributed by atoms with Crippen LogP contribution in [-0.2, 0) is 11.8 Å². The molecule has 0 bridgehead atoms. The largest absolute Gasteiger partial charge is 0.349 e. The second-order valence-corrected chi connectivity index (χ2v) is 10.1. The summed E-state index contributed by atoms with van der Waals surface area (Å²) in [5.74, 6) is 2.39. The van der Waals surface area contributed by atoms with Gasteiger partial charge in [-0.25, -0.2) is 9.97 Å². The first-order valence-electron chi connectivity index (χ1n) is 10.6. The van der Waals surface area contributed by atoms with Crippen LogP contribution >= 0.6 is 23.4 Å². The Labute approximate surface area is 191 Å². The molecule has 0 spiro atoms. The van der Waals surface area contributed by atoms with Crippen molar-refractivity contribution in [2.75, 3.05) is 14.1 Å². The number of imidazole rings is 1. The van der Waals surface area contributed by atoms with Gasteiger partial charge in [0.1, 0.15) is 21.6 Å². The molecule has 2 aliphatic rings. The van der Waals surface area contributed by atoms with Gasteiger partial charge < -0.3 is 9.47 Å². The quantitative estimate of drug-likeness (QED) is 0.505.